The highest BCUT2D eigenvalue weighted by Crippen LogP contribution is 2.57. The van der Waals surface area contributed by atoms with E-state index in [1.165, 1.54) is 38.5 Å². The molecule has 1 saturated carbocycles. The number of ketones is 1. The van der Waals surface area contributed by atoms with Gasteiger partial charge in [-0.25, -0.2) is 0 Å². The number of allylic oxidation sites excluding steroid dienone is 1. The molecule has 0 amide bonds. The highest BCUT2D eigenvalue weighted by molar-refractivity contribution is 5.81. The van der Waals surface area contributed by atoms with E-state index >= 15 is 0 Å². The third kappa shape index (κ3) is 4.57. The summed E-state index contributed by atoms with van der Waals surface area (Å²) in [6.07, 6.45) is 10.8. The Morgan fingerprint density at radius 1 is 1.18 bits per heavy atom. The average Bonchev–Trinajstić information content (AvgIpc) is 3.27. The van der Waals surface area contributed by atoms with Gasteiger partial charge in [0, 0.05) is 23.9 Å². The molecule has 8 unspecified atom stereocenters. The van der Waals surface area contributed by atoms with Gasteiger partial charge < -0.3 is 15.4 Å². The maximum absolute atomic E-state index is 11.9. The van der Waals surface area contributed by atoms with E-state index in [4.69, 9.17) is 4.74 Å². The third-order valence-electron chi connectivity index (χ3n) is 10.5. The fraction of sp³-hybridized carbons (Fsp3) is 0.900. The molecule has 9 atom stereocenters. The summed E-state index contributed by atoms with van der Waals surface area (Å²) < 4.78 is 7.02. The highest BCUT2D eigenvalue weighted by atomic mass is 16.5. The largest absolute Gasteiger partial charge is 0.369 e. The fourth-order valence-electron chi connectivity index (χ4n) is 8.58. The minimum Gasteiger partial charge on any atom is -0.369 e. The Balaban J connectivity index is 0.00000133. The first kappa shape index (κ1) is 26.4. The first-order valence-electron chi connectivity index (χ1n) is 14.6. The molecule has 1 spiro atoms. The molecular formula is C30H52N2O2. The van der Waals surface area contributed by atoms with Gasteiger partial charge in [0.2, 0.25) is 0 Å². The molecule has 2 aliphatic carbocycles. The number of carbonyl (C=O) groups is 1. The Morgan fingerprint density at radius 2 is 1.94 bits per heavy atom. The van der Waals surface area contributed by atoms with Gasteiger partial charge in [-0.3, -0.25) is 4.79 Å². The maximum atomic E-state index is 11.9. The lowest BCUT2D eigenvalue weighted by Gasteiger charge is -2.43. The number of hydrogen-bond acceptors (Lipinski definition) is 4. The summed E-state index contributed by atoms with van der Waals surface area (Å²) in [5, 5.41) is 7.55. The second-order valence-electron chi connectivity index (χ2n) is 12.5. The second kappa shape index (κ2) is 10.3. The number of rotatable bonds is 3. The molecular weight excluding hydrogens is 420 g/mol. The SMILES string of the molecule is CC.CCCC1C2CCC3(CC(C)=C2CC1C1(C)CCC(=O)CN1)OC1C[C@H](C)CNC1C3C. The van der Waals surface area contributed by atoms with Gasteiger partial charge in [0.25, 0.3) is 0 Å². The van der Waals surface area contributed by atoms with Gasteiger partial charge in [-0.1, -0.05) is 52.2 Å². The van der Waals surface area contributed by atoms with Crippen molar-refractivity contribution in [2.45, 2.75) is 130 Å². The van der Waals surface area contributed by atoms with Crippen LogP contribution in [0.15, 0.2) is 11.1 Å². The van der Waals surface area contributed by atoms with E-state index in [2.05, 4.69) is 45.3 Å². The van der Waals surface area contributed by atoms with Crippen molar-refractivity contribution in [1.29, 1.82) is 0 Å². The smallest absolute Gasteiger partial charge is 0.146 e. The van der Waals surface area contributed by atoms with Crippen molar-refractivity contribution in [2.75, 3.05) is 13.1 Å². The predicted molar refractivity (Wildman–Crippen MR) is 141 cm³/mol. The topological polar surface area (TPSA) is 50.4 Å². The van der Waals surface area contributed by atoms with Gasteiger partial charge in [-0.05, 0) is 89.0 Å². The van der Waals surface area contributed by atoms with Crippen molar-refractivity contribution < 1.29 is 9.53 Å². The van der Waals surface area contributed by atoms with E-state index in [0.29, 0.717) is 48.1 Å². The van der Waals surface area contributed by atoms with Crippen LogP contribution < -0.4 is 10.6 Å². The molecule has 0 aromatic heterocycles. The van der Waals surface area contributed by atoms with E-state index in [1.807, 2.05) is 13.8 Å². The number of ether oxygens (including phenoxy) is 1. The minimum absolute atomic E-state index is 0.0273. The Hall–Kier alpha value is -0.710. The fourth-order valence-corrected chi connectivity index (χ4v) is 8.58. The third-order valence-corrected chi connectivity index (χ3v) is 10.5. The lowest BCUT2D eigenvalue weighted by Crippen LogP contribution is -2.55. The number of nitrogens with one attached hydrogen (secondary N) is 2. The van der Waals surface area contributed by atoms with Crippen molar-refractivity contribution in [3.05, 3.63) is 11.1 Å². The normalized spacial score (nSPS) is 46.6. The lowest BCUT2D eigenvalue weighted by atomic mass is 9.70. The minimum atomic E-state index is 0.0273. The molecule has 5 aliphatic rings. The second-order valence-corrected chi connectivity index (χ2v) is 12.5. The van der Waals surface area contributed by atoms with Crippen molar-refractivity contribution >= 4 is 5.78 Å². The van der Waals surface area contributed by atoms with Gasteiger partial charge in [-0.2, -0.15) is 0 Å². The molecule has 4 fully saturated rings. The van der Waals surface area contributed by atoms with Crippen LogP contribution in [0.4, 0.5) is 0 Å². The lowest BCUT2D eigenvalue weighted by molar-refractivity contribution is -0.121. The number of carbonyl (C=O) groups excluding carboxylic acids is 1. The summed E-state index contributed by atoms with van der Waals surface area (Å²) in [7, 11) is 0. The van der Waals surface area contributed by atoms with E-state index in [9.17, 15) is 4.79 Å². The van der Waals surface area contributed by atoms with Crippen LogP contribution in [0.3, 0.4) is 0 Å². The Labute approximate surface area is 209 Å². The van der Waals surface area contributed by atoms with Crippen molar-refractivity contribution in [1.82, 2.24) is 10.6 Å². The molecule has 5 rings (SSSR count). The van der Waals surface area contributed by atoms with Crippen LogP contribution in [0.25, 0.3) is 0 Å². The summed E-state index contributed by atoms with van der Waals surface area (Å²) in [6, 6.07) is 0.531. The van der Waals surface area contributed by atoms with E-state index in [0.717, 1.165) is 31.7 Å². The summed E-state index contributed by atoms with van der Waals surface area (Å²) >= 11 is 0. The monoisotopic (exact) mass is 472 g/mol. The standard InChI is InChI=1S/C28H46N2O2.C2H6/c1-6-7-22-21-9-11-28(19(4)26-25(32-28)12-17(2)15-29-26)14-18(3)23(21)13-24(22)27(5)10-8-20(31)16-30-27;1-2/h17,19,21-22,24-26,29-30H,6-16H2,1-5H3;1-2H3/t17-,19?,21?,22?,24?,25?,26?,27?,28?;/m0./s1. The molecule has 0 bridgehead atoms. The van der Waals surface area contributed by atoms with E-state index < -0.39 is 0 Å². The number of fused-ring (bicyclic) bond motifs is 2. The Bertz CT molecular complexity index is 766. The van der Waals surface area contributed by atoms with Gasteiger partial charge in [0.15, 0.2) is 0 Å². The van der Waals surface area contributed by atoms with Crippen LogP contribution in [0.5, 0.6) is 0 Å². The van der Waals surface area contributed by atoms with Crippen molar-refractivity contribution in [2.24, 2.45) is 29.6 Å². The summed E-state index contributed by atoms with van der Waals surface area (Å²) in [5.74, 6) is 3.79. The zero-order chi connectivity index (χ0) is 24.7. The molecule has 4 nitrogen and oxygen atoms in total. The molecule has 4 heteroatoms. The zero-order valence-electron chi connectivity index (χ0n) is 23.1. The highest BCUT2D eigenvalue weighted by Gasteiger charge is 2.56. The summed E-state index contributed by atoms with van der Waals surface area (Å²) in [5.41, 5.74) is 3.53. The van der Waals surface area contributed by atoms with Crippen LogP contribution in [-0.4, -0.2) is 42.2 Å². The molecule has 2 N–H and O–H groups in total. The molecule has 3 heterocycles. The molecule has 3 saturated heterocycles. The maximum Gasteiger partial charge on any atom is 0.146 e. The first-order chi connectivity index (χ1) is 16.3. The van der Waals surface area contributed by atoms with Crippen LogP contribution in [0, 0.1) is 29.6 Å². The van der Waals surface area contributed by atoms with Gasteiger partial charge >= 0.3 is 0 Å². The Morgan fingerprint density at radius 3 is 2.62 bits per heavy atom. The van der Waals surface area contributed by atoms with Gasteiger partial charge in [0.05, 0.1) is 18.2 Å². The summed E-state index contributed by atoms with van der Waals surface area (Å²) in [4.78, 5) is 11.9. The van der Waals surface area contributed by atoms with E-state index in [-0.39, 0.29) is 11.1 Å². The van der Waals surface area contributed by atoms with Gasteiger partial charge in [0.1, 0.15) is 5.78 Å². The van der Waals surface area contributed by atoms with Crippen LogP contribution in [0.1, 0.15) is 106 Å². The molecule has 0 radical (unpaired) electrons. The van der Waals surface area contributed by atoms with Crippen molar-refractivity contribution in [3.8, 4) is 0 Å². The zero-order valence-corrected chi connectivity index (χ0v) is 23.1. The molecule has 34 heavy (non-hydrogen) atoms. The van der Waals surface area contributed by atoms with Crippen molar-refractivity contribution in [3.63, 3.8) is 0 Å². The predicted octanol–water partition coefficient (Wildman–Crippen LogP) is 6.05. The van der Waals surface area contributed by atoms with Crippen LogP contribution in [-0.2, 0) is 9.53 Å². The van der Waals surface area contributed by atoms with E-state index in [1.54, 1.807) is 11.1 Å². The van der Waals surface area contributed by atoms with Crippen LogP contribution >= 0.6 is 0 Å². The number of piperidine rings is 2. The number of hydrogen-bond donors (Lipinski definition) is 2. The Kier molecular flexibility index (Phi) is 8.02. The first-order valence-corrected chi connectivity index (χ1v) is 14.6. The van der Waals surface area contributed by atoms with Gasteiger partial charge in [-0.15, -0.1) is 0 Å². The molecule has 194 valence electrons. The molecule has 0 aromatic rings. The average molecular weight is 473 g/mol. The molecule has 3 aliphatic heterocycles. The summed E-state index contributed by atoms with van der Waals surface area (Å²) in [6.45, 7) is 17.7. The molecule has 0 aromatic carbocycles. The number of Topliss-reactive ketones (excluding diaryl/α,β-unsaturated/α-hetero) is 1. The van der Waals surface area contributed by atoms with Crippen LogP contribution in [0.2, 0.25) is 0 Å². The quantitative estimate of drug-likeness (QED) is 0.491.